The molecule has 0 aliphatic rings. The number of rotatable bonds is 2. The van der Waals surface area contributed by atoms with E-state index in [-0.39, 0.29) is 5.91 Å². The molecular formula is C11H11ClN4O. The van der Waals surface area contributed by atoms with Gasteiger partial charge in [0.1, 0.15) is 5.69 Å². The lowest BCUT2D eigenvalue weighted by Gasteiger charge is -2.08. The molecule has 0 aliphatic carbocycles. The molecule has 1 N–H and O–H groups in total. The highest BCUT2D eigenvalue weighted by molar-refractivity contribution is 6.34. The van der Waals surface area contributed by atoms with Gasteiger partial charge < -0.3 is 5.32 Å². The van der Waals surface area contributed by atoms with Gasteiger partial charge in [0.2, 0.25) is 0 Å². The van der Waals surface area contributed by atoms with E-state index in [0.717, 1.165) is 5.56 Å². The number of carbonyl (C=O) groups is 1. The van der Waals surface area contributed by atoms with Crippen LogP contribution < -0.4 is 5.32 Å². The van der Waals surface area contributed by atoms with E-state index in [1.54, 1.807) is 13.1 Å². The number of hydrogen-bond acceptors (Lipinski definition) is 3. The van der Waals surface area contributed by atoms with Crippen LogP contribution in [0.15, 0.2) is 24.4 Å². The molecular weight excluding hydrogens is 240 g/mol. The summed E-state index contributed by atoms with van der Waals surface area (Å²) < 4.78 is 1.40. The minimum absolute atomic E-state index is 0.287. The van der Waals surface area contributed by atoms with Crippen molar-refractivity contribution in [3.05, 3.63) is 40.7 Å². The molecule has 0 bridgehead atoms. The predicted molar refractivity (Wildman–Crippen MR) is 65.1 cm³/mol. The van der Waals surface area contributed by atoms with Gasteiger partial charge in [-0.05, 0) is 18.6 Å². The SMILES string of the molecule is Cc1cccc(NC(=O)c2cnnn2C)c1Cl. The number of nitrogens with zero attached hydrogens (tertiary/aromatic N) is 3. The second-order valence-electron chi connectivity index (χ2n) is 3.63. The molecule has 0 fully saturated rings. The number of nitrogens with one attached hydrogen (secondary N) is 1. The maximum atomic E-state index is 11.9. The summed E-state index contributed by atoms with van der Waals surface area (Å²) in [6, 6.07) is 5.46. The Hall–Kier alpha value is -1.88. The van der Waals surface area contributed by atoms with Crippen molar-refractivity contribution in [2.45, 2.75) is 6.92 Å². The van der Waals surface area contributed by atoms with Gasteiger partial charge in [0.05, 0.1) is 16.9 Å². The molecule has 0 aliphatic heterocycles. The number of anilines is 1. The maximum Gasteiger partial charge on any atom is 0.275 e. The molecule has 0 saturated carbocycles. The van der Waals surface area contributed by atoms with E-state index in [9.17, 15) is 4.79 Å². The number of halogens is 1. The van der Waals surface area contributed by atoms with Gasteiger partial charge in [0, 0.05) is 7.05 Å². The van der Waals surface area contributed by atoms with Crippen molar-refractivity contribution >= 4 is 23.2 Å². The zero-order valence-corrected chi connectivity index (χ0v) is 10.2. The van der Waals surface area contributed by atoms with Gasteiger partial charge in [0.15, 0.2) is 0 Å². The zero-order chi connectivity index (χ0) is 12.4. The molecule has 0 saturated heterocycles. The zero-order valence-electron chi connectivity index (χ0n) is 9.44. The first-order valence-corrected chi connectivity index (χ1v) is 5.38. The van der Waals surface area contributed by atoms with Gasteiger partial charge in [-0.25, -0.2) is 4.68 Å². The summed E-state index contributed by atoms with van der Waals surface area (Å²) in [5, 5.41) is 10.6. The summed E-state index contributed by atoms with van der Waals surface area (Å²) in [6.45, 7) is 1.88. The van der Waals surface area contributed by atoms with E-state index in [2.05, 4.69) is 15.6 Å². The van der Waals surface area contributed by atoms with E-state index >= 15 is 0 Å². The topological polar surface area (TPSA) is 59.8 Å². The average Bonchev–Trinajstić information content (AvgIpc) is 2.71. The molecule has 1 aromatic carbocycles. The monoisotopic (exact) mass is 250 g/mol. The predicted octanol–water partition coefficient (Wildman–Crippen LogP) is 2.03. The van der Waals surface area contributed by atoms with Crippen LogP contribution in [-0.2, 0) is 7.05 Å². The van der Waals surface area contributed by atoms with Gasteiger partial charge in [-0.2, -0.15) is 0 Å². The second-order valence-corrected chi connectivity index (χ2v) is 4.01. The van der Waals surface area contributed by atoms with Crippen LogP contribution in [0.5, 0.6) is 0 Å². The van der Waals surface area contributed by atoms with E-state index in [0.29, 0.717) is 16.4 Å². The van der Waals surface area contributed by atoms with Gasteiger partial charge in [-0.1, -0.05) is 28.9 Å². The first-order chi connectivity index (χ1) is 8.09. The van der Waals surface area contributed by atoms with Crippen LogP contribution >= 0.6 is 11.6 Å². The first kappa shape index (κ1) is 11.6. The largest absolute Gasteiger partial charge is 0.319 e. The number of benzene rings is 1. The molecule has 0 spiro atoms. The summed E-state index contributed by atoms with van der Waals surface area (Å²) in [7, 11) is 1.65. The smallest absolute Gasteiger partial charge is 0.275 e. The Bertz CT molecular complexity index is 564. The Balaban J connectivity index is 2.25. The summed E-state index contributed by atoms with van der Waals surface area (Å²) in [5.74, 6) is -0.287. The molecule has 5 nitrogen and oxygen atoms in total. The van der Waals surface area contributed by atoms with Crippen molar-refractivity contribution < 1.29 is 4.79 Å². The third kappa shape index (κ3) is 2.29. The molecule has 1 amide bonds. The molecule has 17 heavy (non-hydrogen) atoms. The van der Waals surface area contributed by atoms with Crippen molar-refractivity contribution in [3.8, 4) is 0 Å². The molecule has 88 valence electrons. The molecule has 2 aromatic rings. The van der Waals surface area contributed by atoms with Gasteiger partial charge in [-0.15, -0.1) is 5.10 Å². The summed E-state index contributed by atoms with van der Waals surface area (Å²) in [5.41, 5.74) is 1.87. The van der Waals surface area contributed by atoms with Crippen LogP contribution in [0.25, 0.3) is 0 Å². The highest BCUT2D eigenvalue weighted by Crippen LogP contribution is 2.25. The molecule has 6 heteroatoms. The van der Waals surface area contributed by atoms with Crippen LogP contribution in [0.4, 0.5) is 5.69 Å². The third-order valence-electron chi connectivity index (χ3n) is 2.39. The first-order valence-electron chi connectivity index (χ1n) is 5.00. The fraction of sp³-hybridized carbons (Fsp3) is 0.182. The lowest BCUT2D eigenvalue weighted by molar-refractivity contribution is 0.101. The van der Waals surface area contributed by atoms with Gasteiger partial charge >= 0.3 is 0 Å². The Morgan fingerprint density at radius 3 is 2.88 bits per heavy atom. The average molecular weight is 251 g/mol. The number of amides is 1. The summed E-state index contributed by atoms with van der Waals surface area (Å²) >= 11 is 6.09. The van der Waals surface area contributed by atoms with E-state index < -0.39 is 0 Å². The lowest BCUT2D eigenvalue weighted by atomic mass is 10.2. The fourth-order valence-corrected chi connectivity index (χ4v) is 1.60. The lowest BCUT2D eigenvalue weighted by Crippen LogP contribution is -2.16. The van der Waals surface area contributed by atoms with Crippen LogP contribution in [0.3, 0.4) is 0 Å². The van der Waals surface area contributed by atoms with Crippen molar-refractivity contribution in [1.29, 1.82) is 0 Å². The van der Waals surface area contributed by atoms with Gasteiger partial charge in [0.25, 0.3) is 5.91 Å². The number of aryl methyl sites for hydroxylation is 2. The van der Waals surface area contributed by atoms with Crippen LogP contribution in [0.1, 0.15) is 16.1 Å². The molecule has 1 heterocycles. The Morgan fingerprint density at radius 1 is 1.47 bits per heavy atom. The number of aromatic nitrogens is 3. The fourth-order valence-electron chi connectivity index (χ4n) is 1.43. The summed E-state index contributed by atoms with van der Waals surface area (Å²) in [4.78, 5) is 11.9. The molecule has 0 radical (unpaired) electrons. The normalized spacial score (nSPS) is 10.3. The van der Waals surface area contributed by atoms with Gasteiger partial charge in [-0.3, -0.25) is 4.79 Å². The van der Waals surface area contributed by atoms with Crippen LogP contribution in [0.2, 0.25) is 5.02 Å². The van der Waals surface area contributed by atoms with Crippen molar-refractivity contribution in [1.82, 2.24) is 15.0 Å². The van der Waals surface area contributed by atoms with Crippen molar-refractivity contribution in [2.75, 3.05) is 5.32 Å². The third-order valence-corrected chi connectivity index (χ3v) is 2.89. The van der Waals surface area contributed by atoms with E-state index in [1.165, 1.54) is 10.9 Å². The molecule has 0 atom stereocenters. The summed E-state index contributed by atoms with van der Waals surface area (Å²) in [6.07, 6.45) is 1.40. The van der Waals surface area contributed by atoms with E-state index in [4.69, 9.17) is 11.6 Å². The maximum absolute atomic E-state index is 11.9. The minimum atomic E-state index is -0.287. The minimum Gasteiger partial charge on any atom is -0.319 e. The Morgan fingerprint density at radius 2 is 2.24 bits per heavy atom. The Labute approximate surface area is 103 Å². The van der Waals surface area contributed by atoms with Crippen molar-refractivity contribution in [3.63, 3.8) is 0 Å². The molecule has 2 rings (SSSR count). The van der Waals surface area contributed by atoms with Crippen LogP contribution in [0, 0.1) is 6.92 Å². The highest BCUT2D eigenvalue weighted by Gasteiger charge is 2.13. The van der Waals surface area contributed by atoms with Crippen LogP contribution in [-0.4, -0.2) is 20.9 Å². The quantitative estimate of drug-likeness (QED) is 0.887. The second kappa shape index (κ2) is 4.55. The number of carbonyl (C=O) groups excluding carboxylic acids is 1. The van der Waals surface area contributed by atoms with E-state index in [1.807, 2.05) is 19.1 Å². The van der Waals surface area contributed by atoms with Crippen molar-refractivity contribution in [2.24, 2.45) is 7.05 Å². The number of hydrogen-bond donors (Lipinski definition) is 1. The Kier molecular flexibility index (Phi) is 3.10. The molecule has 0 unspecified atom stereocenters. The standard InChI is InChI=1S/C11H11ClN4O/c1-7-4-3-5-8(10(7)12)14-11(17)9-6-13-15-16(9)2/h3-6H,1-2H3,(H,14,17). The molecule has 1 aromatic heterocycles. The highest BCUT2D eigenvalue weighted by atomic mass is 35.5.